The maximum atomic E-state index is 11.9. The highest BCUT2D eigenvalue weighted by Gasteiger charge is 2.62. The predicted molar refractivity (Wildman–Crippen MR) is 230 cm³/mol. The molecule has 0 amide bonds. The molecule has 3 unspecified atom stereocenters. The molecule has 10 atom stereocenters. The Labute approximate surface area is 338 Å². The van der Waals surface area contributed by atoms with Crippen LogP contribution in [0.4, 0.5) is 0 Å². The molecule has 0 aromatic heterocycles. The van der Waals surface area contributed by atoms with Gasteiger partial charge in [0, 0.05) is 12.1 Å². The second-order valence-corrected chi connectivity index (χ2v) is 20.0. The van der Waals surface area contributed by atoms with Crippen LogP contribution in [0.2, 0.25) is 0 Å². The zero-order valence-corrected chi connectivity index (χ0v) is 37.0. The van der Waals surface area contributed by atoms with Gasteiger partial charge in [-0.25, -0.2) is 0 Å². The van der Waals surface area contributed by atoms with Crippen LogP contribution < -0.4 is 24.8 Å². The highest BCUT2D eigenvalue weighted by atomic mass is 16.5. The Morgan fingerprint density at radius 1 is 0.673 bits per heavy atom. The van der Waals surface area contributed by atoms with E-state index in [1.807, 2.05) is 6.07 Å². The molecule has 3 N–H and O–H groups in total. The van der Waals surface area contributed by atoms with Gasteiger partial charge in [-0.05, 0) is 161 Å². The van der Waals surface area contributed by atoms with Crippen molar-refractivity contribution in [1.82, 2.24) is 10.6 Å². The molecule has 5 rings (SSSR count). The normalized spacial score (nSPS) is 32.1. The first kappa shape index (κ1) is 44.6. The molecule has 6 heteroatoms. The van der Waals surface area contributed by atoms with Gasteiger partial charge >= 0.3 is 0 Å². The van der Waals surface area contributed by atoms with Crippen molar-refractivity contribution in [3.63, 3.8) is 0 Å². The molecule has 0 radical (unpaired) electrons. The molecule has 4 aliphatic rings. The van der Waals surface area contributed by atoms with Gasteiger partial charge in [-0.3, -0.25) is 0 Å². The van der Waals surface area contributed by atoms with Gasteiger partial charge in [0.1, 0.15) is 5.75 Å². The molecule has 55 heavy (non-hydrogen) atoms. The number of unbranched alkanes of at least 4 members (excludes halogenated alkanes) is 7. The summed E-state index contributed by atoms with van der Waals surface area (Å²) in [4.78, 5) is 0. The lowest BCUT2D eigenvalue weighted by Gasteiger charge is -2.62. The molecule has 0 heterocycles. The van der Waals surface area contributed by atoms with Crippen molar-refractivity contribution >= 4 is 0 Å². The summed E-state index contributed by atoms with van der Waals surface area (Å²) in [5.74, 6) is 7.58. The highest BCUT2D eigenvalue weighted by molar-refractivity contribution is 5.50. The zero-order valence-electron chi connectivity index (χ0n) is 37.0. The molecule has 4 saturated carbocycles. The second kappa shape index (κ2) is 21.5. The van der Waals surface area contributed by atoms with Crippen LogP contribution in [0.1, 0.15) is 169 Å². The van der Waals surface area contributed by atoms with Gasteiger partial charge in [0.25, 0.3) is 0 Å². The van der Waals surface area contributed by atoms with Crippen molar-refractivity contribution in [3.8, 4) is 17.2 Å². The molecular weight excluding hydrogens is 681 g/mol. The highest BCUT2D eigenvalue weighted by Crippen LogP contribution is 2.68. The number of aliphatic hydroxyl groups is 1. The van der Waals surface area contributed by atoms with Gasteiger partial charge in [-0.1, -0.05) is 92.4 Å². The van der Waals surface area contributed by atoms with Crippen molar-refractivity contribution in [2.24, 2.45) is 52.3 Å². The summed E-state index contributed by atoms with van der Waals surface area (Å²) in [5, 5.41) is 19.6. The minimum absolute atomic E-state index is 0.0862. The summed E-state index contributed by atoms with van der Waals surface area (Å²) in [6, 6.07) is 4.63. The molecule has 0 saturated heterocycles. The van der Waals surface area contributed by atoms with Gasteiger partial charge in [-0.15, -0.1) is 0 Å². The fraction of sp³-hybridized carbons (Fsp3) is 0.878. The van der Waals surface area contributed by atoms with Crippen molar-refractivity contribution in [1.29, 1.82) is 0 Å². The molecule has 4 aliphatic carbocycles. The largest absolute Gasteiger partial charge is 0.496 e. The Morgan fingerprint density at radius 3 is 2.02 bits per heavy atom. The average molecular weight is 767 g/mol. The number of nitrogens with one attached hydrogen (secondary N) is 2. The lowest BCUT2D eigenvalue weighted by atomic mass is 9.43. The third kappa shape index (κ3) is 11.2. The first-order chi connectivity index (χ1) is 26.5. The van der Waals surface area contributed by atoms with Crippen LogP contribution in [-0.2, 0) is 6.42 Å². The number of aryl methyl sites for hydroxylation is 1. The lowest BCUT2D eigenvalue weighted by molar-refractivity contribution is -0.167. The summed E-state index contributed by atoms with van der Waals surface area (Å²) in [6.45, 7) is 16.0. The fourth-order valence-corrected chi connectivity index (χ4v) is 13.0. The van der Waals surface area contributed by atoms with Crippen LogP contribution >= 0.6 is 0 Å². The molecule has 0 spiro atoms. The quantitative estimate of drug-likeness (QED) is 0.0910. The average Bonchev–Trinajstić information content (AvgIpc) is 3.53. The van der Waals surface area contributed by atoms with Crippen molar-refractivity contribution in [3.05, 3.63) is 17.7 Å². The topological polar surface area (TPSA) is 72.0 Å². The molecule has 1 aromatic rings. The summed E-state index contributed by atoms with van der Waals surface area (Å²) >= 11 is 0. The Morgan fingerprint density at radius 2 is 1.31 bits per heavy atom. The first-order valence-corrected chi connectivity index (χ1v) is 23.5. The van der Waals surface area contributed by atoms with Crippen molar-refractivity contribution in [2.45, 2.75) is 182 Å². The van der Waals surface area contributed by atoms with Crippen molar-refractivity contribution < 1.29 is 19.3 Å². The second-order valence-electron chi connectivity index (χ2n) is 20.0. The number of hydrogen-bond acceptors (Lipinski definition) is 6. The third-order valence-corrected chi connectivity index (χ3v) is 16.2. The van der Waals surface area contributed by atoms with E-state index in [9.17, 15) is 5.11 Å². The van der Waals surface area contributed by atoms with Gasteiger partial charge < -0.3 is 30.0 Å². The summed E-state index contributed by atoms with van der Waals surface area (Å²) in [5.41, 5.74) is 2.07. The minimum Gasteiger partial charge on any atom is -0.496 e. The van der Waals surface area contributed by atoms with Gasteiger partial charge in [0.15, 0.2) is 11.5 Å². The van der Waals surface area contributed by atoms with Crippen LogP contribution in [0.25, 0.3) is 0 Å². The Bertz CT molecular complexity index is 1270. The number of ether oxygens (including phenoxy) is 3. The maximum absolute atomic E-state index is 11.9. The SMILES string of the molecule is COc1cc(OC)c(OC)cc1CCCCCCCCCCNCCCN[C@H]1CC[C@]2(C)C3CC[C@@]4(C)C(CC[C@@H]4[C@H](C)CCCC(C)C)C3[C@H](O)C[C@H]2C1. The van der Waals surface area contributed by atoms with Crippen molar-refractivity contribution in [2.75, 3.05) is 41.0 Å². The van der Waals surface area contributed by atoms with Gasteiger partial charge in [0.05, 0.1) is 27.4 Å². The van der Waals surface area contributed by atoms with Crippen LogP contribution in [0.3, 0.4) is 0 Å². The number of benzene rings is 1. The third-order valence-electron chi connectivity index (χ3n) is 16.2. The number of hydrogen-bond donors (Lipinski definition) is 3. The summed E-state index contributed by atoms with van der Waals surface area (Å²) in [7, 11) is 5.08. The Kier molecular flexibility index (Phi) is 17.4. The van der Waals surface area contributed by atoms with E-state index in [-0.39, 0.29) is 6.10 Å². The molecule has 6 nitrogen and oxygen atoms in total. The first-order valence-electron chi connectivity index (χ1n) is 23.5. The van der Waals surface area contributed by atoms with E-state index in [1.165, 1.54) is 128 Å². The minimum atomic E-state index is -0.0862. The van der Waals surface area contributed by atoms with E-state index in [2.05, 4.69) is 51.3 Å². The zero-order chi connectivity index (χ0) is 39.4. The molecular formula is C49H86N2O4. The van der Waals surface area contributed by atoms with Crippen LogP contribution in [0, 0.1) is 52.3 Å². The molecule has 0 bridgehead atoms. The van der Waals surface area contributed by atoms with E-state index in [0.717, 1.165) is 79.3 Å². The van der Waals surface area contributed by atoms with E-state index >= 15 is 0 Å². The number of fused-ring (bicyclic) bond motifs is 5. The molecule has 1 aromatic carbocycles. The monoisotopic (exact) mass is 767 g/mol. The van der Waals surface area contributed by atoms with Crippen LogP contribution in [0.5, 0.6) is 17.2 Å². The number of aliphatic hydroxyl groups excluding tert-OH is 1. The lowest BCUT2D eigenvalue weighted by Crippen LogP contribution is -2.59. The Balaban J connectivity index is 0.899. The van der Waals surface area contributed by atoms with Gasteiger partial charge in [-0.2, -0.15) is 0 Å². The molecule has 4 fully saturated rings. The number of methoxy groups -OCH3 is 3. The summed E-state index contributed by atoms with van der Waals surface area (Å²) in [6.07, 6.45) is 27.2. The predicted octanol–water partition coefficient (Wildman–Crippen LogP) is 11.4. The van der Waals surface area contributed by atoms with Gasteiger partial charge in [0.2, 0.25) is 0 Å². The fourth-order valence-electron chi connectivity index (χ4n) is 13.0. The maximum Gasteiger partial charge on any atom is 0.164 e. The molecule has 316 valence electrons. The van der Waals surface area contributed by atoms with E-state index in [0.29, 0.717) is 28.7 Å². The molecule has 0 aliphatic heterocycles. The standard InChI is InChI=1S/C49H86N2O4/c1-35(2)19-17-20-36(3)40-22-23-41-47-42(25-27-49(40,41)5)48(4)26-24-39(32-38(48)33-43(47)52)51-30-18-29-50-28-16-14-12-10-9-11-13-15-21-37-31-45(54-7)46(55-8)34-44(37)53-6/h31,34-36,38-43,47,50-52H,9-30,32-33H2,1-8H3/t36-,38-,39+,40-,41?,42?,43-,47?,48+,49-/m1/s1. The summed E-state index contributed by atoms with van der Waals surface area (Å²) < 4.78 is 16.5. The van der Waals surface area contributed by atoms with Crippen LogP contribution in [-0.4, -0.2) is 58.2 Å². The van der Waals surface area contributed by atoms with Crippen LogP contribution in [0.15, 0.2) is 12.1 Å². The Hall–Kier alpha value is -1.50. The smallest absolute Gasteiger partial charge is 0.164 e. The number of rotatable bonds is 24. The van der Waals surface area contributed by atoms with E-state index in [1.54, 1.807) is 21.3 Å². The van der Waals surface area contributed by atoms with E-state index in [4.69, 9.17) is 14.2 Å². The van der Waals surface area contributed by atoms with E-state index < -0.39 is 0 Å².